The van der Waals surface area contributed by atoms with Crippen molar-refractivity contribution in [3.63, 3.8) is 0 Å². The lowest BCUT2D eigenvalue weighted by molar-refractivity contribution is -0.148. The van der Waals surface area contributed by atoms with E-state index in [4.69, 9.17) is 10.6 Å². The number of phenolic OH excluding ortho intramolecular Hbond substituents is 1. The molecule has 0 unspecified atom stereocenters. The number of amides is 2. The molecule has 0 saturated carbocycles. The number of aromatic hydroxyl groups is 1. The third-order valence-electron chi connectivity index (χ3n) is 8.76. The van der Waals surface area contributed by atoms with Crippen LogP contribution in [0.5, 0.6) is 5.75 Å². The molecule has 0 heterocycles. The van der Waals surface area contributed by atoms with Gasteiger partial charge in [-0.25, -0.2) is 0 Å². The van der Waals surface area contributed by atoms with Gasteiger partial charge in [0.15, 0.2) is 11.4 Å². The van der Waals surface area contributed by atoms with Crippen LogP contribution in [-0.2, 0) is 25.6 Å². The van der Waals surface area contributed by atoms with Gasteiger partial charge in [0.05, 0.1) is 18.7 Å². The van der Waals surface area contributed by atoms with Crippen molar-refractivity contribution in [3.8, 4) is 16.9 Å². The molecule has 3 aliphatic rings. The molecule has 232 valence electrons. The first kappa shape index (κ1) is 30.9. The summed E-state index contributed by atoms with van der Waals surface area (Å²) in [7, 11) is 6.22. The van der Waals surface area contributed by atoms with Crippen LogP contribution in [0.1, 0.15) is 22.3 Å². The Bertz CT molecular complexity index is 1650. The summed E-state index contributed by atoms with van der Waals surface area (Å²) in [5.74, 6) is -7.31. The summed E-state index contributed by atoms with van der Waals surface area (Å²) in [6, 6.07) is 8.84. The van der Waals surface area contributed by atoms with Gasteiger partial charge >= 0.3 is 0 Å². The minimum Gasteiger partial charge on any atom is -0.510 e. The first-order valence-corrected chi connectivity index (χ1v) is 13.9. The van der Waals surface area contributed by atoms with Crippen LogP contribution >= 0.6 is 0 Å². The average Bonchev–Trinajstić information content (AvgIpc) is 2.95. The van der Waals surface area contributed by atoms with Crippen molar-refractivity contribution in [2.75, 3.05) is 40.1 Å². The highest BCUT2D eigenvalue weighted by atomic mass is 16.7. The van der Waals surface area contributed by atoms with E-state index in [0.717, 1.165) is 0 Å². The summed E-state index contributed by atoms with van der Waals surface area (Å²) in [6.07, 6.45) is 0.141. The number of primary amides is 1. The average molecular weight is 607 g/mol. The second-order valence-corrected chi connectivity index (χ2v) is 11.5. The number of aliphatic hydroxyl groups is 3. The number of allylic oxidation sites excluding steroid dienone is 1. The van der Waals surface area contributed by atoms with Crippen molar-refractivity contribution < 1.29 is 44.4 Å². The Kier molecular flexibility index (Phi) is 7.84. The molecule has 7 N–H and O–H groups in total. The molecule has 13 nitrogen and oxygen atoms in total. The monoisotopic (exact) mass is 606 g/mol. The van der Waals surface area contributed by atoms with E-state index in [-0.39, 0.29) is 42.2 Å². The molecule has 0 saturated heterocycles. The quantitative estimate of drug-likeness (QED) is 0.195. The summed E-state index contributed by atoms with van der Waals surface area (Å²) >= 11 is 0. The third-order valence-corrected chi connectivity index (χ3v) is 8.76. The number of benzene rings is 2. The fourth-order valence-electron chi connectivity index (χ4n) is 6.72. The molecule has 4 atom stereocenters. The summed E-state index contributed by atoms with van der Waals surface area (Å²) in [4.78, 5) is 58.2. The van der Waals surface area contributed by atoms with Gasteiger partial charge < -0.3 is 36.3 Å². The lowest BCUT2D eigenvalue weighted by Gasteiger charge is -2.50. The number of nitrogens with zero attached hydrogens (tertiary/aromatic N) is 2. The van der Waals surface area contributed by atoms with Crippen molar-refractivity contribution in [2.45, 2.75) is 24.5 Å². The number of carbonyl (C=O) groups excluding carboxylic acids is 4. The largest absolute Gasteiger partial charge is 0.510 e. The predicted octanol–water partition coefficient (Wildman–Crippen LogP) is 1.22. The van der Waals surface area contributed by atoms with E-state index in [1.807, 2.05) is 0 Å². The molecule has 0 radical (unpaired) electrons. The maximum atomic E-state index is 13.9. The van der Waals surface area contributed by atoms with Crippen LogP contribution in [-0.4, -0.2) is 100 Å². The lowest BCUT2D eigenvalue weighted by atomic mass is 9.58. The normalized spacial score (nSPS) is 24.8. The second kappa shape index (κ2) is 11.2. The molecule has 13 heteroatoms. The number of fused-ring (bicyclic) bond motifs is 3. The Labute approximate surface area is 252 Å². The highest BCUT2D eigenvalue weighted by Gasteiger charge is 2.63. The number of anilines is 1. The lowest BCUT2D eigenvalue weighted by Crippen LogP contribution is -2.63. The molecule has 0 aromatic heterocycles. The Hall–Kier alpha value is -4.56. The van der Waals surface area contributed by atoms with Crippen molar-refractivity contribution in [2.24, 2.45) is 17.6 Å². The number of phenols is 1. The molecule has 0 spiro atoms. The maximum absolute atomic E-state index is 13.9. The van der Waals surface area contributed by atoms with Gasteiger partial charge in [-0.3, -0.25) is 24.1 Å². The molecule has 0 bridgehead atoms. The first-order chi connectivity index (χ1) is 20.7. The van der Waals surface area contributed by atoms with Crippen LogP contribution in [0.4, 0.5) is 5.69 Å². The van der Waals surface area contributed by atoms with Crippen molar-refractivity contribution in [1.29, 1.82) is 0 Å². The molecule has 5 rings (SSSR count). The number of hydrogen-bond acceptors (Lipinski definition) is 11. The number of carbonyl (C=O) groups is 4. The Morgan fingerprint density at radius 3 is 2.32 bits per heavy atom. The van der Waals surface area contributed by atoms with Crippen LogP contribution < -0.4 is 11.1 Å². The second-order valence-electron chi connectivity index (χ2n) is 11.5. The van der Waals surface area contributed by atoms with E-state index in [1.54, 1.807) is 51.5 Å². The summed E-state index contributed by atoms with van der Waals surface area (Å²) in [6.45, 7) is 0.0176. The smallest absolute Gasteiger partial charge is 0.255 e. The molecule has 44 heavy (non-hydrogen) atoms. The Morgan fingerprint density at radius 2 is 1.73 bits per heavy atom. The highest BCUT2D eigenvalue weighted by Crippen LogP contribution is 2.53. The fourth-order valence-corrected chi connectivity index (χ4v) is 6.72. The zero-order chi connectivity index (χ0) is 32.2. The SMILES string of the molecule is CON(C)CC(=O)Nc1ccc(-c2ccc(O)c3c2C[C@H]2C[C@H]4[C@@H](N(C)C)C(O)=C(C(N)=O)C(=O)[C@@]4(O)C(O)=C2C3=O)cc1. The summed E-state index contributed by atoms with van der Waals surface area (Å²) < 4.78 is 0. The van der Waals surface area contributed by atoms with Gasteiger partial charge in [-0.1, -0.05) is 18.2 Å². The topological polar surface area (TPSA) is 203 Å². The molecule has 2 amide bonds. The number of rotatable bonds is 7. The van der Waals surface area contributed by atoms with Gasteiger partial charge in [-0.05, 0) is 67.7 Å². The molecule has 2 aromatic rings. The number of nitrogens with two attached hydrogens (primary N) is 1. The molecule has 2 aromatic carbocycles. The van der Waals surface area contributed by atoms with Crippen LogP contribution in [0.3, 0.4) is 0 Å². The van der Waals surface area contributed by atoms with Crippen LogP contribution in [0.2, 0.25) is 0 Å². The number of ketones is 2. The molecular formula is C31H34N4O9. The molecule has 3 aliphatic carbocycles. The van der Waals surface area contributed by atoms with E-state index in [2.05, 4.69) is 5.32 Å². The zero-order valence-electron chi connectivity index (χ0n) is 24.6. The Morgan fingerprint density at radius 1 is 1.07 bits per heavy atom. The number of nitrogens with one attached hydrogen (secondary N) is 1. The third kappa shape index (κ3) is 4.74. The van der Waals surface area contributed by atoms with Crippen molar-refractivity contribution in [3.05, 3.63) is 70.2 Å². The summed E-state index contributed by atoms with van der Waals surface area (Å²) in [5, 5.41) is 49.1. The van der Waals surface area contributed by atoms with Gasteiger partial charge in [-0.15, -0.1) is 0 Å². The van der Waals surface area contributed by atoms with Gasteiger partial charge in [0.2, 0.25) is 11.7 Å². The van der Waals surface area contributed by atoms with Gasteiger partial charge in [0.25, 0.3) is 5.91 Å². The van der Waals surface area contributed by atoms with Crippen molar-refractivity contribution in [1.82, 2.24) is 9.96 Å². The number of aliphatic hydroxyl groups excluding tert-OH is 2. The van der Waals surface area contributed by atoms with E-state index in [9.17, 15) is 39.6 Å². The Balaban J connectivity index is 1.56. The number of hydrogen-bond donors (Lipinski definition) is 6. The number of Topliss-reactive ketones (excluding diaryl/α,β-unsaturated/α-hetero) is 2. The van der Waals surface area contributed by atoms with Gasteiger partial charge in [0, 0.05) is 24.2 Å². The van der Waals surface area contributed by atoms with Gasteiger partial charge in [-0.2, -0.15) is 5.06 Å². The van der Waals surface area contributed by atoms with E-state index >= 15 is 0 Å². The summed E-state index contributed by atoms with van der Waals surface area (Å²) in [5.41, 5.74) is 3.88. The van der Waals surface area contributed by atoms with Crippen LogP contribution in [0.25, 0.3) is 11.1 Å². The number of likely N-dealkylation sites (N-methyl/N-ethyl adjacent to an activating group) is 2. The van der Waals surface area contributed by atoms with Crippen LogP contribution in [0, 0.1) is 11.8 Å². The minimum atomic E-state index is -2.70. The van der Waals surface area contributed by atoms with E-state index < -0.39 is 58.0 Å². The first-order valence-electron chi connectivity index (χ1n) is 13.9. The molecular weight excluding hydrogens is 572 g/mol. The highest BCUT2D eigenvalue weighted by molar-refractivity contribution is 6.25. The standard InChI is InChI=1S/C31H34N4O9/c1-34(2)25-19-12-15-11-18-17(14-5-7-16(8-6-14)33-21(37)13-35(3)44-4)9-10-20(36)23(18)26(38)22(15)28(40)31(19,43)29(41)24(27(25)39)30(32)42/h5-10,15,19,25,36,39-40,43H,11-13H2,1-4H3,(H2,32,42)(H,33,37)/t15-,19-,25+,31-/m0/s1. The van der Waals surface area contributed by atoms with E-state index in [0.29, 0.717) is 22.4 Å². The van der Waals surface area contributed by atoms with Crippen molar-refractivity contribution >= 4 is 29.1 Å². The molecule has 0 fully saturated rings. The number of hydroxylamine groups is 2. The predicted molar refractivity (Wildman–Crippen MR) is 157 cm³/mol. The maximum Gasteiger partial charge on any atom is 0.255 e. The van der Waals surface area contributed by atoms with Gasteiger partial charge in [0.1, 0.15) is 29.4 Å². The minimum absolute atomic E-state index is 0.0122. The van der Waals surface area contributed by atoms with Crippen LogP contribution in [0.15, 0.2) is 59.1 Å². The van der Waals surface area contributed by atoms with E-state index in [1.165, 1.54) is 23.1 Å². The zero-order valence-corrected chi connectivity index (χ0v) is 24.6. The molecule has 0 aliphatic heterocycles. The fraction of sp³-hybridized carbons (Fsp3) is 0.355.